The number of hydrogen-bond acceptors (Lipinski definition) is 4. The van der Waals surface area contributed by atoms with Gasteiger partial charge in [-0.2, -0.15) is 0 Å². The predicted molar refractivity (Wildman–Crippen MR) is 118 cm³/mol. The summed E-state index contributed by atoms with van der Waals surface area (Å²) in [5.74, 6) is 1.79. The molecule has 0 bridgehead atoms. The molecule has 3 unspecified atom stereocenters. The Hall–Kier alpha value is -1.91. The maximum atomic E-state index is 10.1. The lowest BCUT2D eigenvalue weighted by Gasteiger charge is -2.31. The summed E-state index contributed by atoms with van der Waals surface area (Å²) < 4.78 is 6.14. The molecule has 1 fully saturated rings. The molecule has 2 aliphatic rings. The summed E-state index contributed by atoms with van der Waals surface area (Å²) in [5, 5.41) is 13.8. The van der Waals surface area contributed by atoms with Crippen LogP contribution in [0.5, 0.6) is 11.5 Å². The van der Waals surface area contributed by atoms with Gasteiger partial charge in [-0.05, 0) is 51.9 Å². The van der Waals surface area contributed by atoms with Crippen LogP contribution in [0.3, 0.4) is 0 Å². The molecule has 0 aromatic heterocycles. The van der Waals surface area contributed by atoms with Crippen molar-refractivity contribution in [1.82, 2.24) is 5.32 Å². The van der Waals surface area contributed by atoms with Crippen molar-refractivity contribution >= 4 is 11.6 Å². The van der Waals surface area contributed by atoms with Crippen molar-refractivity contribution in [3.8, 4) is 11.5 Å². The molecule has 1 aliphatic carbocycles. The Morgan fingerprint density at radius 3 is 2.82 bits per heavy atom. The zero-order valence-electron chi connectivity index (χ0n) is 17.2. The van der Waals surface area contributed by atoms with E-state index in [1.165, 1.54) is 11.8 Å². The summed E-state index contributed by atoms with van der Waals surface area (Å²) in [6.07, 6.45) is 10.9. The topological polar surface area (TPSA) is 67.5 Å². The maximum absolute atomic E-state index is 10.1. The van der Waals surface area contributed by atoms with Gasteiger partial charge in [-0.25, -0.2) is 0 Å². The number of phenols is 1. The van der Waals surface area contributed by atoms with Gasteiger partial charge in [0.15, 0.2) is 0 Å². The number of halogens is 1. The molecule has 5 heteroatoms. The monoisotopic (exact) mass is 404 g/mol. The van der Waals surface area contributed by atoms with E-state index in [2.05, 4.69) is 56.6 Å². The molecule has 4 N–H and O–H groups in total. The van der Waals surface area contributed by atoms with Gasteiger partial charge in [-0.1, -0.05) is 37.3 Å². The zero-order chi connectivity index (χ0) is 20.7. The van der Waals surface area contributed by atoms with Gasteiger partial charge < -0.3 is 20.9 Å². The van der Waals surface area contributed by atoms with Gasteiger partial charge in [0.2, 0.25) is 0 Å². The lowest BCUT2D eigenvalue weighted by Crippen LogP contribution is -2.34. The number of allylic oxidation sites excluding steroid dienone is 3. The molecule has 0 spiro atoms. The summed E-state index contributed by atoms with van der Waals surface area (Å²) in [4.78, 5) is 0. The Kier molecular flexibility index (Phi) is 8.02. The molecule has 0 radical (unpaired) electrons. The van der Waals surface area contributed by atoms with E-state index in [-0.39, 0.29) is 17.4 Å². The second-order valence-corrected chi connectivity index (χ2v) is 7.75. The molecular formula is C23H33ClN2O2. The van der Waals surface area contributed by atoms with E-state index in [9.17, 15) is 5.11 Å². The van der Waals surface area contributed by atoms with Gasteiger partial charge in [0.05, 0.1) is 5.88 Å². The highest BCUT2D eigenvalue weighted by Gasteiger charge is 2.60. The van der Waals surface area contributed by atoms with Crippen LogP contribution in [-0.2, 0) is 5.88 Å². The maximum Gasteiger partial charge on any atom is 0.128 e. The minimum atomic E-state index is -0.106. The number of aromatic hydroxyl groups is 1. The van der Waals surface area contributed by atoms with Gasteiger partial charge in [0.25, 0.3) is 0 Å². The Bertz CT molecular complexity index is 744. The molecule has 3 atom stereocenters. The van der Waals surface area contributed by atoms with Crippen LogP contribution in [0.2, 0.25) is 0 Å². The minimum Gasteiger partial charge on any atom is -0.507 e. The van der Waals surface area contributed by atoms with Crippen LogP contribution in [0.4, 0.5) is 0 Å². The smallest absolute Gasteiger partial charge is 0.128 e. The fourth-order valence-corrected chi connectivity index (χ4v) is 4.07. The second-order valence-electron chi connectivity index (χ2n) is 7.48. The van der Waals surface area contributed by atoms with Crippen molar-refractivity contribution in [2.24, 2.45) is 11.7 Å². The Morgan fingerprint density at radius 1 is 1.50 bits per heavy atom. The first-order valence-corrected chi connectivity index (χ1v) is 10.5. The molecule has 1 aromatic rings. The summed E-state index contributed by atoms with van der Waals surface area (Å²) >= 11 is 5.98. The third-order valence-corrected chi connectivity index (χ3v) is 5.60. The standard InChI is InChI=1S/C21H28ClNO2.C2H5N/c1-4-6-14(7-5-2)8-9-23-20-16-10-15(13-22)18(24)11-19(16)25-21(3)12-17(20)21;1-2-3/h4,6-7,10-11,17,20,23-24H,5,8-9,12-13H2,1-3H3;2H,1,3H2/b6-4-,14-7+;. The number of rotatable bonds is 7. The van der Waals surface area contributed by atoms with Crippen molar-refractivity contribution in [2.75, 3.05) is 6.54 Å². The Balaban J connectivity index is 0.000000878. The van der Waals surface area contributed by atoms with Gasteiger partial charge >= 0.3 is 0 Å². The summed E-state index contributed by atoms with van der Waals surface area (Å²) in [6, 6.07) is 3.98. The van der Waals surface area contributed by atoms with Gasteiger partial charge in [-0.15, -0.1) is 11.6 Å². The van der Waals surface area contributed by atoms with Crippen LogP contribution in [0.15, 0.2) is 48.7 Å². The lowest BCUT2D eigenvalue weighted by atomic mass is 9.94. The highest BCUT2D eigenvalue weighted by Crippen LogP contribution is 2.59. The molecule has 4 nitrogen and oxygen atoms in total. The molecule has 1 heterocycles. The minimum absolute atomic E-state index is 0.106. The summed E-state index contributed by atoms with van der Waals surface area (Å²) in [5.41, 5.74) is 7.77. The number of hydrogen-bond donors (Lipinski definition) is 3. The quantitative estimate of drug-likeness (QED) is 0.424. The van der Waals surface area contributed by atoms with E-state index in [0.717, 1.165) is 42.7 Å². The Morgan fingerprint density at radius 2 is 2.21 bits per heavy atom. The van der Waals surface area contributed by atoms with Crippen LogP contribution in [-0.4, -0.2) is 17.3 Å². The number of benzene rings is 1. The van der Waals surface area contributed by atoms with Crippen LogP contribution < -0.4 is 15.8 Å². The van der Waals surface area contributed by atoms with E-state index in [1.54, 1.807) is 6.07 Å². The van der Waals surface area contributed by atoms with Gasteiger partial charge in [0, 0.05) is 29.2 Å². The fourth-order valence-electron chi connectivity index (χ4n) is 3.86. The summed E-state index contributed by atoms with van der Waals surface area (Å²) in [6.45, 7) is 10.4. The molecule has 1 aromatic carbocycles. The number of phenolic OH excluding ortho intramolecular Hbond substituents is 1. The first-order valence-electron chi connectivity index (χ1n) is 9.92. The average Bonchev–Trinajstić information content (AvgIpc) is 3.32. The van der Waals surface area contributed by atoms with E-state index in [1.807, 2.05) is 6.07 Å². The van der Waals surface area contributed by atoms with E-state index >= 15 is 0 Å². The van der Waals surface area contributed by atoms with Crippen molar-refractivity contribution in [3.05, 3.63) is 59.8 Å². The van der Waals surface area contributed by atoms with Crippen LogP contribution in [0, 0.1) is 5.92 Å². The number of nitrogens with two attached hydrogens (primary N) is 1. The third-order valence-electron chi connectivity index (χ3n) is 5.31. The molecule has 3 rings (SSSR count). The van der Waals surface area contributed by atoms with Gasteiger partial charge in [0.1, 0.15) is 17.1 Å². The fraction of sp³-hybridized carbons (Fsp3) is 0.478. The van der Waals surface area contributed by atoms with E-state index in [4.69, 9.17) is 16.3 Å². The molecule has 0 saturated heterocycles. The van der Waals surface area contributed by atoms with Crippen molar-refractivity contribution < 1.29 is 9.84 Å². The first kappa shape index (κ1) is 22.4. The van der Waals surface area contributed by atoms with Crippen LogP contribution in [0.25, 0.3) is 0 Å². The Labute approximate surface area is 174 Å². The van der Waals surface area contributed by atoms with E-state index < -0.39 is 0 Å². The largest absolute Gasteiger partial charge is 0.507 e. The van der Waals surface area contributed by atoms with Crippen molar-refractivity contribution in [1.29, 1.82) is 0 Å². The lowest BCUT2D eigenvalue weighted by molar-refractivity contribution is 0.145. The highest BCUT2D eigenvalue weighted by molar-refractivity contribution is 6.17. The van der Waals surface area contributed by atoms with Crippen LogP contribution >= 0.6 is 11.6 Å². The second kappa shape index (κ2) is 10.0. The third kappa shape index (κ3) is 5.12. The van der Waals surface area contributed by atoms with Crippen LogP contribution in [0.1, 0.15) is 57.2 Å². The zero-order valence-corrected chi connectivity index (χ0v) is 17.9. The number of nitrogens with one attached hydrogen (secondary N) is 1. The molecule has 28 heavy (non-hydrogen) atoms. The molecular weight excluding hydrogens is 372 g/mol. The molecule has 0 amide bonds. The summed E-state index contributed by atoms with van der Waals surface area (Å²) in [7, 11) is 0. The number of ether oxygens (including phenoxy) is 1. The molecule has 1 saturated carbocycles. The normalized spacial score (nSPS) is 25.2. The van der Waals surface area contributed by atoms with E-state index in [0.29, 0.717) is 11.8 Å². The van der Waals surface area contributed by atoms with Crippen molar-refractivity contribution in [3.63, 3.8) is 0 Å². The van der Waals surface area contributed by atoms with Gasteiger partial charge in [-0.3, -0.25) is 0 Å². The predicted octanol–water partition coefficient (Wildman–Crippen LogP) is 5.32. The molecule has 1 aliphatic heterocycles. The number of fused-ring (bicyclic) bond motifs is 2. The number of alkyl halides is 1. The SMILES string of the molecule is C/C=C\C(=C/CC)CCNC1c2cc(CCl)c(O)cc2OC2(C)CC12.C=CN. The first-order chi connectivity index (χ1) is 13.4. The molecule has 154 valence electrons. The van der Waals surface area contributed by atoms with Crippen molar-refractivity contribution in [2.45, 2.75) is 57.6 Å². The average molecular weight is 405 g/mol. The highest BCUT2D eigenvalue weighted by atomic mass is 35.5.